The van der Waals surface area contributed by atoms with Gasteiger partial charge in [0.25, 0.3) is 0 Å². The Kier molecular flexibility index (Phi) is 6.61. The van der Waals surface area contributed by atoms with E-state index in [1.54, 1.807) is 0 Å². The summed E-state index contributed by atoms with van der Waals surface area (Å²) in [7, 11) is 0. The van der Waals surface area contributed by atoms with Crippen LogP contribution in [0.5, 0.6) is 0 Å². The highest BCUT2D eigenvalue weighted by molar-refractivity contribution is 5.81. The number of hydrogen-bond acceptors (Lipinski definition) is 2. The molecular weight excluding hydrogens is 204 g/mol. The lowest BCUT2D eigenvalue weighted by Crippen LogP contribution is -2.41. The van der Waals surface area contributed by atoms with Gasteiger partial charge in [0.2, 0.25) is 11.8 Å². The van der Waals surface area contributed by atoms with E-state index >= 15 is 0 Å². The molecule has 0 atom stereocenters. The molecule has 1 heterocycles. The van der Waals surface area contributed by atoms with Gasteiger partial charge >= 0.3 is 0 Å². The van der Waals surface area contributed by atoms with Crippen LogP contribution in [0.2, 0.25) is 0 Å². The van der Waals surface area contributed by atoms with Crippen LogP contribution in [0.3, 0.4) is 0 Å². The van der Waals surface area contributed by atoms with Crippen LogP contribution in [0, 0.1) is 0 Å². The van der Waals surface area contributed by atoms with Crippen LogP contribution in [-0.2, 0) is 9.59 Å². The van der Waals surface area contributed by atoms with Crippen molar-refractivity contribution in [3.63, 3.8) is 0 Å². The van der Waals surface area contributed by atoms with Gasteiger partial charge in [0, 0.05) is 12.8 Å². The second kappa shape index (κ2) is 8.13. The second-order valence-electron chi connectivity index (χ2n) is 4.42. The van der Waals surface area contributed by atoms with Gasteiger partial charge in [-0.25, -0.2) is 0 Å². The molecule has 0 spiro atoms. The third kappa shape index (κ3) is 6.43. The number of nitrogens with one attached hydrogen (secondary N) is 2. The topological polar surface area (TPSA) is 58.2 Å². The van der Waals surface area contributed by atoms with Crippen molar-refractivity contribution < 1.29 is 9.59 Å². The fraction of sp³-hybridized carbons (Fsp3) is 0.833. The van der Waals surface area contributed by atoms with E-state index in [0.29, 0.717) is 12.8 Å². The zero-order chi connectivity index (χ0) is 11.6. The lowest BCUT2D eigenvalue weighted by Gasteiger charge is -2.08. The van der Waals surface area contributed by atoms with Crippen LogP contribution in [0.25, 0.3) is 0 Å². The molecule has 16 heavy (non-hydrogen) atoms. The smallest absolute Gasteiger partial charge is 0.238 e. The lowest BCUT2D eigenvalue weighted by atomic mass is 10.1. The first-order valence-electron chi connectivity index (χ1n) is 6.37. The highest BCUT2D eigenvalue weighted by Crippen LogP contribution is 2.10. The largest absolute Gasteiger partial charge is 0.273 e. The van der Waals surface area contributed by atoms with Gasteiger partial charge in [-0.2, -0.15) is 0 Å². The molecule has 0 unspecified atom stereocenters. The number of hydrogen-bond donors (Lipinski definition) is 2. The Labute approximate surface area is 97.1 Å². The zero-order valence-electron chi connectivity index (χ0n) is 9.89. The van der Waals surface area contributed by atoms with Crippen molar-refractivity contribution in [2.45, 2.75) is 64.2 Å². The maximum Gasteiger partial charge on any atom is 0.238 e. The minimum Gasteiger partial charge on any atom is -0.273 e. The van der Waals surface area contributed by atoms with Gasteiger partial charge in [0.15, 0.2) is 0 Å². The maximum atomic E-state index is 11.3. The molecule has 1 aliphatic heterocycles. The van der Waals surface area contributed by atoms with E-state index < -0.39 is 0 Å². The van der Waals surface area contributed by atoms with E-state index in [1.165, 1.54) is 25.7 Å². The van der Waals surface area contributed by atoms with E-state index in [9.17, 15) is 9.59 Å². The molecule has 0 aromatic carbocycles. The molecule has 1 aliphatic rings. The third-order valence-electron chi connectivity index (χ3n) is 2.90. The van der Waals surface area contributed by atoms with E-state index in [0.717, 1.165) is 25.7 Å². The maximum absolute atomic E-state index is 11.3. The molecule has 2 N–H and O–H groups in total. The molecule has 0 bridgehead atoms. The molecule has 92 valence electrons. The summed E-state index contributed by atoms with van der Waals surface area (Å²) in [5.41, 5.74) is 4.90. The molecule has 0 aliphatic carbocycles. The molecule has 0 aromatic heterocycles. The quantitative estimate of drug-likeness (QED) is 0.664. The van der Waals surface area contributed by atoms with Crippen LogP contribution >= 0.6 is 0 Å². The Balaban J connectivity index is 2.25. The number of hydrazine groups is 1. The molecule has 0 radical (unpaired) electrons. The molecule has 1 rings (SSSR count). The Bertz CT molecular complexity index is 205. The number of rotatable bonds is 0. The van der Waals surface area contributed by atoms with Crippen LogP contribution in [0.1, 0.15) is 64.2 Å². The molecule has 1 saturated heterocycles. The Morgan fingerprint density at radius 3 is 1.25 bits per heavy atom. The average Bonchev–Trinajstić information content (AvgIpc) is 2.28. The fourth-order valence-electron chi connectivity index (χ4n) is 1.90. The van der Waals surface area contributed by atoms with Crippen molar-refractivity contribution in [1.29, 1.82) is 0 Å². The van der Waals surface area contributed by atoms with Crippen molar-refractivity contribution in [2.75, 3.05) is 0 Å². The Morgan fingerprint density at radius 2 is 0.875 bits per heavy atom. The van der Waals surface area contributed by atoms with Crippen molar-refractivity contribution >= 4 is 11.8 Å². The molecular formula is C12H22N2O2. The summed E-state index contributed by atoms with van der Waals surface area (Å²) in [4.78, 5) is 22.5. The summed E-state index contributed by atoms with van der Waals surface area (Å²) in [6.45, 7) is 0. The van der Waals surface area contributed by atoms with Crippen LogP contribution in [0.15, 0.2) is 0 Å². The van der Waals surface area contributed by atoms with Crippen molar-refractivity contribution in [2.24, 2.45) is 0 Å². The normalized spacial score (nSPS) is 21.8. The van der Waals surface area contributed by atoms with Crippen LogP contribution < -0.4 is 10.9 Å². The summed E-state index contributed by atoms with van der Waals surface area (Å²) in [6, 6.07) is 0. The second-order valence-corrected chi connectivity index (χ2v) is 4.42. The lowest BCUT2D eigenvalue weighted by molar-refractivity contribution is -0.129. The van der Waals surface area contributed by atoms with Gasteiger partial charge in [0.05, 0.1) is 0 Å². The van der Waals surface area contributed by atoms with Crippen molar-refractivity contribution in [1.82, 2.24) is 10.9 Å². The van der Waals surface area contributed by atoms with Gasteiger partial charge in [-0.1, -0.05) is 38.5 Å². The first-order chi connectivity index (χ1) is 7.79. The molecule has 0 saturated carbocycles. The predicted octanol–water partition coefficient (Wildman–Crippen LogP) is 2.05. The number of amides is 2. The molecule has 1 fully saturated rings. The highest BCUT2D eigenvalue weighted by Gasteiger charge is 2.05. The summed E-state index contributed by atoms with van der Waals surface area (Å²) in [6.07, 6.45) is 10.0. The van der Waals surface area contributed by atoms with Gasteiger partial charge in [-0.15, -0.1) is 0 Å². The van der Waals surface area contributed by atoms with Crippen molar-refractivity contribution in [3.8, 4) is 0 Å². The SMILES string of the molecule is O=C1CCCCCCCCCCC(=O)NN1. The number of carbonyl (C=O) groups is 2. The first-order valence-corrected chi connectivity index (χ1v) is 6.37. The first kappa shape index (κ1) is 13.0. The fourth-order valence-corrected chi connectivity index (χ4v) is 1.90. The van der Waals surface area contributed by atoms with Crippen molar-refractivity contribution in [3.05, 3.63) is 0 Å². The standard InChI is InChI=1S/C12H22N2O2/c15-11-9-7-5-3-1-2-4-6-8-10-12(16)14-13-11/h1-10H2,(H,13,15)(H,14,16). The van der Waals surface area contributed by atoms with Crippen LogP contribution in [-0.4, -0.2) is 11.8 Å². The van der Waals surface area contributed by atoms with Gasteiger partial charge in [-0.3, -0.25) is 20.4 Å². The van der Waals surface area contributed by atoms with E-state index in [2.05, 4.69) is 10.9 Å². The number of carbonyl (C=O) groups excluding carboxylic acids is 2. The minimum atomic E-state index is -0.0783. The molecule has 0 aromatic rings. The Morgan fingerprint density at radius 1 is 0.562 bits per heavy atom. The Hall–Kier alpha value is -1.06. The molecule has 4 nitrogen and oxygen atoms in total. The zero-order valence-corrected chi connectivity index (χ0v) is 9.89. The summed E-state index contributed by atoms with van der Waals surface area (Å²) in [5.74, 6) is -0.157. The predicted molar refractivity (Wildman–Crippen MR) is 62.5 cm³/mol. The minimum absolute atomic E-state index is 0.0783. The summed E-state index contributed by atoms with van der Waals surface area (Å²) >= 11 is 0. The third-order valence-corrected chi connectivity index (χ3v) is 2.90. The monoisotopic (exact) mass is 226 g/mol. The summed E-state index contributed by atoms with van der Waals surface area (Å²) in [5, 5.41) is 0. The average molecular weight is 226 g/mol. The molecule has 4 heteroatoms. The summed E-state index contributed by atoms with van der Waals surface area (Å²) < 4.78 is 0. The van der Waals surface area contributed by atoms with E-state index in [-0.39, 0.29) is 11.8 Å². The van der Waals surface area contributed by atoms with Gasteiger partial charge in [-0.05, 0) is 12.8 Å². The van der Waals surface area contributed by atoms with Gasteiger partial charge < -0.3 is 0 Å². The van der Waals surface area contributed by atoms with E-state index in [4.69, 9.17) is 0 Å². The van der Waals surface area contributed by atoms with Gasteiger partial charge in [0.1, 0.15) is 0 Å². The highest BCUT2D eigenvalue weighted by atomic mass is 16.2. The van der Waals surface area contributed by atoms with Crippen LogP contribution in [0.4, 0.5) is 0 Å². The molecule has 2 amide bonds. The van der Waals surface area contributed by atoms with E-state index in [1.807, 2.05) is 0 Å².